The Kier molecular flexibility index (Phi) is 7.14. The molecule has 2 aromatic carbocycles. The SMILES string of the molecule is O=C1C[C@@H](C(=O)N[C@@H]2CC[C@@]3(S(=O)(=O)c4ccc(F)cc4)c4ccc(C(F)(C(F)(F)F)C(F)(F)F)cc4CCC[C@@H]23)N1. The maximum atomic E-state index is 15.0. The van der Waals surface area contributed by atoms with E-state index in [2.05, 4.69) is 10.6 Å². The number of halogens is 8. The van der Waals surface area contributed by atoms with Gasteiger partial charge in [0.2, 0.25) is 11.8 Å². The average molecular weight is 625 g/mol. The van der Waals surface area contributed by atoms with Gasteiger partial charge in [-0.3, -0.25) is 9.59 Å². The Morgan fingerprint density at radius 3 is 2.14 bits per heavy atom. The maximum Gasteiger partial charge on any atom is 0.435 e. The summed E-state index contributed by atoms with van der Waals surface area (Å²) in [5, 5.41) is 5.16. The van der Waals surface area contributed by atoms with E-state index < -0.39 is 67.9 Å². The standard InChI is InChI=1S/C27H24F8N2O4S/c28-16-5-7-17(8-6-16)42(40,41)24-11-10-20(37-23(39)21-13-22(38)36-21)19(24)3-1-2-14-12-15(4-9-18(14)24)25(29,26(30,31)32)27(33,34)35/h4-9,12,19-21H,1-3,10-11,13H2,(H,36,38)(H,37,39)/t19-,20+,21-,24+/m0/s1. The molecule has 2 aliphatic carbocycles. The fourth-order valence-electron chi connectivity index (χ4n) is 6.55. The number of benzene rings is 2. The molecule has 1 aliphatic heterocycles. The van der Waals surface area contributed by atoms with Crippen molar-refractivity contribution in [3.8, 4) is 0 Å². The van der Waals surface area contributed by atoms with Crippen LogP contribution in [-0.2, 0) is 36.3 Å². The van der Waals surface area contributed by atoms with Gasteiger partial charge in [0, 0.05) is 17.5 Å². The summed E-state index contributed by atoms with van der Waals surface area (Å²) in [6, 6.07) is 3.72. The van der Waals surface area contributed by atoms with Gasteiger partial charge < -0.3 is 10.6 Å². The van der Waals surface area contributed by atoms with Crippen molar-refractivity contribution in [1.29, 1.82) is 0 Å². The Labute approximate surface area is 234 Å². The summed E-state index contributed by atoms with van der Waals surface area (Å²) in [4.78, 5) is 23.7. The first kappa shape index (κ1) is 30.2. The fourth-order valence-corrected chi connectivity index (χ4v) is 9.02. The van der Waals surface area contributed by atoms with Gasteiger partial charge in [0.15, 0.2) is 9.84 Å². The first-order valence-corrected chi connectivity index (χ1v) is 14.5. The minimum Gasteiger partial charge on any atom is -0.351 e. The lowest BCUT2D eigenvalue weighted by molar-refractivity contribution is -0.348. The van der Waals surface area contributed by atoms with Gasteiger partial charge in [-0.1, -0.05) is 18.2 Å². The Hall–Kier alpha value is -3.23. The first-order chi connectivity index (χ1) is 19.4. The molecule has 15 heteroatoms. The molecule has 228 valence electrons. The Morgan fingerprint density at radius 2 is 1.57 bits per heavy atom. The number of alkyl halides is 7. The number of carbonyl (C=O) groups excluding carboxylic acids is 2. The number of hydrogen-bond acceptors (Lipinski definition) is 4. The van der Waals surface area contributed by atoms with Crippen LogP contribution in [0.1, 0.15) is 48.8 Å². The van der Waals surface area contributed by atoms with Gasteiger partial charge in [0.05, 0.1) is 11.3 Å². The van der Waals surface area contributed by atoms with Crippen LogP contribution in [0.2, 0.25) is 0 Å². The zero-order chi connectivity index (χ0) is 30.9. The van der Waals surface area contributed by atoms with Crippen LogP contribution in [0.25, 0.3) is 0 Å². The van der Waals surface area contributed by atoms with Crippen molar-refractivity contribution >= 4 is 21.7 Å². The maximum absolute atomic E-state index is 15.0. The lowest BCUT2D eigenvalue weighted by Crippen LogP contribution is -2.59. The lowest BCUT2D eigenvalue weighted by atomic mass is 9.82. The zero-order valence-corrected chi connectivity index (χ0v) is 22.4. The Balaban J connectivity index is 1.67. The summed E-state index contributed by atoms with van der Waals surface area (Å²) in [6.07, 6.45) is -12.9. The monoisotopic (exact) mass is 624 g/mol. The van der Waals surface area contributed by atoms with E-state index in [1.807, 2.05) is 0 Å². The molecule has 2 N–H and O–H groups in total. The topological polar surface area (TPSA) is 92.3 Å². The molecule has 6 nitrogen and oxygen atoms in total. The van der Waals surface area contributed by atoms with Crippen molar-refractivity contribution in [2.24, 2.45) is 5.92 Å². The third kappa shape index (κ3) is 4.45. The molecule has 2 fully saturated rings. The van der Waals surface area contributed by atoms with Gasteiger partial charge in [-0.05, 0) is 67.5 Å². The largest absolute Gasteiger partial charge is 0.435 e. The van der Waals surface area contributed by atoms with Crippen molar-refractivity contribution in [3.05, 3.63) is 65.0 Å². The van der Waals surface area contributed by atoms with Gasteiger partial charge in [-0.2, -0.15) is 26.3 Å². The molecule has 5 rings (SSSR count). The van der Waals surface area contributed by atoms with Crippen molar-refractivity contribution < 1.29 is 53.1 Å². The first-order valence-electron chi connectivity index (χ1n) is 13.0. The van der Waals surface area contributed by atoms with E-state index in [1.54, 1.807) is 0 Å². The van der Waals surface area contributed by atoms with Gasteiger partial charge in [0.25, 0.3) is 0 Å². The van der Waals surface area contributed by atoms with Crippen LogP contribution < -0.4 is 10.6 Å². The number of aryl methyl sites for hydroxylation is 1. The van der Waals surface area contributed by atoms with Gasteiger partial charge >= 0.3 is 18.0 Å². The summed E-state index contributed by atoms with van der Waals surface area (Å²) in [5.74, 6) is -2.56. The van der Waals surface area contributed by atoms with Crippen LogP contribution in [0.3, 0.4) is 0 Å². The van der Waals surface area contributed by atoms with Crippen LogP contribution in [0, 0.1) is 11.7 Å². The molecular formula is C27H24F8N2O4S. The smallest absolute Gasteiger partial charge is 0.351 e. The lowest BCUT2D eigenvalue weighted by Gasteiger charge is -2.38. The van der Waals surface area contributed by atoms with Crippen molar-refractivity contribution in [2.75, 3.05) is 0 Å². The number of carbonyl (C=O) groups is 2. The quantitative estimate of drug-likeness (QED) is 0.281. The van der Waals surface area contributed by atoms with E-state index in [9.17, 15) is 53.1 Å². The summed E-state index contributed by atoms with van der Waals surface area (Å²) in [6.45, 7) is 0. The predicted molar refractivity (Wildman–Crippen MR) is 131 cm³/mol. The van der Waals surface area contributed by atoms with Gasteiger partial charge in [-0.25, -0.2) is 17.2 Å². The summed E-state index contributed by atoms with van der Waals surface area (Å²) in [5.41, 5.74) is -7.73. The van der Waals surface area contributed by atoms with Crippen LogP contribution in [0.5, 0.6) is 0 Å². The summed E-state index contributed by atoms with van der Waals surface area (Å²) in [7, 11) is -4.53. The molecule has 3 aliphatic rings. The van der Waals surface area contributed by atoms with Crippen LogP contribution >= 0.6 is 0 Å². The third-order valence-electron chi connectivity index (χ3n) is 8.59. The van der Waals surface area contributed by atoms with Crippen molar-refractivity contribution in [1.82, 2.24) is 10.6 Å². The van der Waals surface area contributed by atoms with E-state index in [1.165, 1.54) is 0 Å². The van der Waals surface area contributed by atoms with Crippen LogP contribution in [0.15, 0.2) is 47.4 Å². The molecule has 42 heavy (non-hydrogen) atoms. The number of sulfone groups is 1. The predicted octanol–water partition coefficient (Wildman–Crippen LogP) is 4.90. The number of β-lactam (4-membered cyclic amide) rings is 1. The highest BCUT2D eigenvalue weighted by Gasteiger charge is 2.73. The molecule has 1 saturated heterocycles. The molecule has 0 unspecified atom stereocenters. The summed E-state index contributed by atoms with van der Waals surface area (Å²) < 4.78 is 137. The fraction of sp³-hybridized carbons (Fsp3) is 0.481. The van der Waals surface area contributed by atoms with Crippen molar-refractivity contribution in [3.63, 3.8) is 0 Å². The highest BCUT2D eigenvalue weighted by molar-refractivity contribution is 7.92. The third-order valence-corrected chi connectivity index (χ3v) is 11.2. The molecule has 0 spiro atoms. The second kappa shape index (κ2) is 9.91. The minimum atomic E-state index is -6.36. The molecule has 1 heterocycles. The van der Waals surface area contributed by atoms with E-state index in [-0.39, 0.29) is 60.5 Å². The van der Waals surface area contributed by atoms with E-state index >= 15 is 0 Å². The number of hydrogen-bond donors (Lipinski definition) is 2. The Morgan fingerprint density at radius 1 is 0.952 bits per heavy atom. The number of nitrogens with one attached hydrogen (secondary N) is 2. The van der Waals surface area contributed by atoms with E-state index in [4.69, 9.17) is 0 Å². The van der Waals surface area contributed by atoms with E-state index in [0.29, 0.717) is 12.1 Å². The molecule has 0 aromatic heterocycles. The average Bonchev–Trinajstić information content (AvgIpc) is 3.14. The second-order valence-electron chi connectivity index (χ2n) is 10.8. The van der Waals surface area contributed by atoms with Crippen LogP contribution in [0.4, 0.5) is 35.1 Å². The molecule has 2 amide bonds. The van der Waals surface area contributed by atoms with E-state index in [0.717, 1.165) is 30.3 Å². The van der Waals surface area contributed by atoms with Crippen molar-refractivity contribution in [2.45, 2.75) is 78.3 Å². The highest BCUT2D eigenvalue weighted by Crippen LogP contribution is 2.58. The Bertz CT molecular complexity index is 1500. The molecule has 4 atom stereocenters. The summed E-state index contributed by atoms with van der Waals surface area (Å²) >= 11 is 0. The minimum absolute atomic E-state index is 0.0663. The highest BCUT2D eigenvalue weighted by atomic mass is 32.2. The molecule has 0 bridgehead atoms. The molecule has 1 saturated carbocycles. The normalized spacial score (nSPS) is 26.4. The van der Waals surface area contributed by atoms with Gasteiger partial charge in [-0.15, -0.1) is 0 Å². The molecular weight excluding hydrogens is 600 g/mol. The second-order valence-corrected chi connectivity index (χ2v) is 13.1. The number of fused-ring (bicyclic) bond motifs is 3. The zero-order valence-electron chi connectivity index (χ0n) is 21.6. The molecule has 0 radical (unpaired) electrons. The molecule has 2 aromatic rings. The number of amides is 2. The number of rotatable bonds is 5. The van der Waals surface area contributed by atoms with Crippen LogP contribution in [-0.4, -0.2) is 44.7 Å². The van der Waals surface area contributed by atoms with Gasteiger partial charge in [0.1, 0.15) is 16.6 Å².